The van der Waals surface area contributed by atoms with Crippen LogP contribution in [0, 0.1) is 0 Å². The predicted molar refractivity (Wildman–Crippen MR) is 61.9 cm³/mol. The predicted octanol–water partition coefficient (Wildman–Crippen LogP) is 1.99. The lowest BCUT2D eigenvalue weighted by Crippen LogP contribution is -2.00. The topological polar surface area (TPSA) is 29.5 Å². The van der Waals surface area contributed by atoms with Crippen molar-refractivity contribution in [1.29, 1.82) is 0 Å². The van der Waals surface area contributed by atoms with Crippen molar-refractivity contribution in [3.63, 3.8) is 0 Å². The zero-order valence-electron chi connectivity index (χ0n) is 8.26. The molecule has 0 unspecified atom stereocenters. The second-order valence-corrected chi connectivity index (χ2v) is 3.14. The van der Waals surface area contributed by atoms with Crippen LogP contribution in [0.4, 0.5) is 0 Å². The van der Waals surface area contributed by atoms with Crippen LogP contribution in [-0.4, -0.2) is 12.7 Å². The Hall–Kier alpha value is -1.74. The number of hydrogen-bond donors (Lipinski definition) is 1. The molecule has 74 valence electrons. The van der Waals surface area contributed by atoms with Crippen molar-refractivity contribution in [3.8, 4) is 16.9 Å². The van der Waals surface area contributed by atoms with E-state index >= 15 is 0 Å². The van der Waals surface area contributed by atoms with Gasteiger partial charge in [0, 0.05) is 5.56 Å². The first-order valence-electron chi connectivity index (χ1n) is 4.80. The lowest BCUT2D eigenvalue weighted by Gasteiger charge is -2.09. The van der Waals surface area contributed by atoms with Gasteiger partial charge in [0.05, 0.1) is 0 Å². The van der Waals surface area contributed by atoms with Gasteiger partial charge in [-0.05, 0) is 11.6 Å². The average molecular weight is 198 g/mol. The van der Waals surface area contributed by atoms with E-state index in [1.165, 1.54) is 0 Å². The second-order valence-electron chi connectivity index (χ2n) is 3.14. The summed E-state index contributed by atoms with van der Waals surface area (Å²) < 4.78 is 5.15. The first-order chi connectivity index (χ1) is 7.42. The third kappa shape index (κ3) is 2.19. The van der Waals surface area contributed by atoms with E-state index < -0.39 is 0 Å². The summed E-state index contributed by atoms with van der Waals surface area (Å²) in [5.74, 6) is 0.700. The maximum absolute atomic E-state index is 8.77. The molecule has 2 nitrogen and oxygen atoms in total. The first kappa shape index (κ1) is 9.81. The highest BCUT2D eigenvalue weighted by molar-refractivity contribution is 6.17. The van der Waals surface area contributed by atoms with Gasteiger partial charge in [-0.2, -0.15) is 0 Å². The van der Waals surface area contributed by atoms with Gasteiger partial charge >= 0.3 is 7.69 Å². The van der Waals surface area contributed by atoms with Gasteiger partial charge in [0.15, 0.2) is 0 Å². The summed E-state index contributed by atoms with van der Waals surface area (Å²) in [6.07, 6.45) is 0. The van der Waals surface area contributed by atoms with Crippen LogP contribution in [0.2, 0.25) is 0 Å². The van der Waals surface area contributed by atoms with Crippen molar-refractivity contribution in [2.24, 2.45) is 0 Å². The van der Waals surface area contributed by atoms with E-state index in [2.05, 4.69) is 0 Å². The van der Waals surface area contributed by atoms with E-state index in [9.17, 15) is 0 Å². The molecule has 0 radical (unpaired) electrons. The summed E-state index contributed by atoms with van der Waals surface area (Å²) in [4.78, 5) is 0. The fourth-order valence-electron chi connectivity index (χ4n) is 1.52. The van der Waals surface area contributed by atoms with E-state index in [0.717, 1.165) is 11.1 Å². The highest BCUT2D eigenvalue weighted by Crippen LogP contribution is 2.28. The summed E-state index contributed by atoms with van der Waals surface area (Å²) in [6, 6.07) is 17.6. The van der Waals surface area contributed by atoms with Gasteiger partial charge in [-0.25, -0.2) is 0 Å². The fraction of sp³-hybridized carbons (Fsp3) is 0. The molecule has 0 aliphatic carbocycles. The molecular weight excluding hydrogens is 187 g/mol. The van der Waals surface area contributed by atoms with Crippen LogP contribution in [0.25, 0.3) is 11.1 Å². The van der Waals surface area contributed by atoms with Gasteiger partial charge in [0.25, 0.3) is 0 Å². The quantitative estimate of drug-likeness (QED) is 0.764. The second kappa shape index (κ2) is 4.67. The van der Waals surface area contributed by atoms with Crippen molar-refractivity contribution < 1.29 is 9.68 Å². The molecule has 0 fully saturated rings. The van der Waals surface area contributed by atoms with Crippen molar-refractivity contribution >= 4 is 7.69 Å². The molecule has 3 heteroatoms. The zero-order chi connectivity index (χ0) is 10.5. The summed E-state index contributed by atoms with van der Waals surface area (Å²) in [5, 5.41) is 8.77. The summed E-state index contributed by atoms with van der Waals surface area (Å²) in [7, 11) is -0.302. The Morgan fingerprint density at radius 3 is 2.27 bits per heavy atom. The molecule has 0 saturated heterocycles. The maximum atomic E-state index is 8.77. The molecule has 0 saturated carbocycles. The molecule has 15 heavy (non-hydrogen) atoms. The molecule has 0 aromatic heterocycles. The molecule has 0 aliphatic heterocycles. The largest absolute Gasteiger partial charge is 0.538 e. The Kier molecular flexibility index (Phi) is 3.05. The Morgan fingerprint density at radius 2 is 1.53 bits per heavy atom. The molecule has 0 amide bonds. The number of para-hydroxylation sites is 1. The van der Waals surface area contributed by atoms with Crippen LogP contribution in [0.1, 0.15) is 0 Å². The minimum absolute atomic E-state index is 0.302. The van der Waals surface area contributed by atoms with E-state index in [-0.39, 0.29) is 7.69 Å². The first-order valence-corrected chi connectivity index (χ1v) is 4.80. The lowest BCUT2D eigenvalue weighted by atomic mass is 10.0. The third-order valence-electron chi connectivity index (χ3n) is 2.19. The molecule has 0 spiro atoms. The Bertz CT molecular complexity index is 429. The van der Waals surface area contributed by atoms with Crippen LogP contribution in [0.3, 0.4) is 0 Å². The van der Waals surface area contributed by atoms with E-state index in [0.29, 0.717) is 5.75 Å². The molecular formula is C12H11BO2. The smallest absolute Gasteiger partial charge is 0.504 e. The van der Waals surface area contributed by atoms with E-state index in [1.807, 2.05) is 54.6 Å². The normalized spacial score (nSPS) is 9.67. The number of rotatable bonds is 3. The van der Waals surface area contributed by atoms with Gasteiger partial charge in [-0.1, -0.05) is 48.5 Å². The SMILES string of the molecule is OBOc1ccccc1-c1ccccc1. The number of benzene rings is 2. The summed E-state index contributed by atoms with van der Waals surface area (Å²) in [6.45, 7) is 0. The minimum atomic E-state index is -0.302. The molecule has 2 rings (SSSR count). The minimum Gasteiger partial charge on any atom is -0.538 e. The van der Waals surface area contributed by atoms with Gasteiger partial charge in [-0.3, -0.25) is 0 Å². The van der Waals surface area contributed by atoms with Gasteiger partial charge in [-0.15, -0.1) is 0 Å². The maximum Gasteiger partial charge on any atom is 0.504 e. The van der Waals surface area contributed by atoms with Crippen LogP contribution in [0.15, 0.2) is 54.6 Å². The van der Waals surface area contributed by atoms with Crippen molar-refractivity contribution in [2.75, 3.05) is 0 Å². The van der Waals surface area contributed by atoms with Crippen LogP contribution in [-0.2, 0) is 0 Å². The van der Waals surface area contributed by atoms with Crippen LogP contribution >= 0.6 is 0 Å². The van der Waals surface area contributed by atoms with E-state index in [1.54, 1.807) is 0 Å². The molecule has 0 atom stereocenters. The lowest BCUT2D eigenvalue weighted by molar-refractivity contribution is 0.455. The highest BCUT2D eigenvalue weighted by atomic mass is 16.5. The molecule has 1 N–H and O–H groups in total. The Labute approximate surface area is 89.5 Å². The molecule has 2 aromatic carbocycles. The van der Waals surface area contributed by atoms with Crippen molar-refractivity contribution in [2.45, 2.75) is 0 Å². The van der Waals surface area contributed by atoms with Crippen LogP contribution in [0.5, 0.6) is 5.75 Å². The summed E-state index contributed by atoms with van der Waals surface area (Å²) in [5.41, 5.74) is 2.08. The highest BCUT2D eigenvalue weighted by Gasteiger charge is 2.04. The Balaban J connectivity index is 2.43. The van der Waals surface area contributed by atoms with Gasteiger partial charge in [0.2, 0.25) is 0 Å². The fourth-order valence-corrected chi connectivity index (χ4v) is 1.52. The third-order valence-corrected chi connectivity index (χ3v) is 2.19. The number of hydrogen-bond acceptors (Lipinski definition) is 2. The van der Waals surface area contributed by atoms with Gasteiger partial charge < -0.3 is 9.68 Å². The average Bonchev–Trinajstić information content (AvgIpc) is 2.31. The Morgan fingerprint density at radius 1 is 0.867 bits per heavy atom. The van der Waals surface area contributed by atoms with Crippen molar-refractivity contribution in [3.05, 3.63) is 54.6 Å². The summed E-state index contributed by atoms with van der Waals surface area (Å²) >= 11 is 0. The molecule has 0 aliphatic rings. The van der Waals surface area contributed by atoms with Crippen LogP contribution < -0.4 is 4.65 Å². The standard InChI is InChI=1S/C12H11BO2/c14-13-15-12-9-5-4-8-11(12)10-6-2-1-3-7-10/h1-9,13-14H. The molecule has 0 heterocycles. The molecule has 0 bridgehead atoms. The monoisotopic (exact) mass is 198 g/mol. The van der Waals surface area contributed by atoms with Gasteiger partial charge in [0.1, 0.15) is 5.75 Å². The zero-order valence-corrected chi connectivity index (χ0v) is 8.26. The molecule has 2 aromatic rings. The van der Waals surface area contributed by atoms with E-state index in [4.69, 9.17) is 9.68 Å². The van der Waals surface area contributed by atoms with Crippen molar-refractivity contribution in [1.82, 2.24) is 0 Å².